The molecule has 1 heterocycles. The Bertz CT molecular complexity index is 152. The highest BCUT2D eigenvalue weighted by molar-refractivity contribution is 4.75. The maximum absolute atomic E-state index is 5.05. The molecule has 1 saturated heterocycles. The molecule has 3 heteroatoms. The third-order valence-electron chi connectivity index (χ3n) is 3.00. The summed E-state index contributed by atoms with van der Waals surface area (Å²) in [6.07, 6.45) is 2.46. The van der Waals surface area contributed by atoms with Gasteiger partial charge in [-0.15, -0.1) is 0 Å². The highest BCUT2D eigenvalue weighted by Gasteiger charge is 2.19. The van der Waals surface area contributed by atoms with Gasteiger partial charge in [-0.1, -0.05) is 0 Å². The first kappa shape index (κ1) is 12.0. The molecule has 1 aliphatic rings. The molecule has 2 unspecified atom stereocenters. The fourth-order valence-corrected chi connectivity index (χ4v) is 1.96. The Balaban J connectivity index is 2.02. The summed E-state index contributed by atoms with van der Waals surface area (Å²) in [4.78, 5) is 2.41. The van der Waals surface area contributed by atoms with Crippen molar-refractivity contribution < 1.29 is 4.74 Å². The first-order chi connectivity index (χ1) is 6.72. The second-order valence-corrected chi connectivity index (χ2v) is 4.51. The second kappa shape index (κ2) is 6.38. The van der Waals surface area contributed by atoms with Gasteiger partial charge in [-0.25, -0.2) is 0 Å². The van der Waals surface area contributed by atoms with E-state index in [0.29, 0.717) is 6.04 Å². The summed E-state index contributed by atoms with van der Waals surface area (Å²) in [6, 6.07) is 0.584. The molecule has 0 amide bonds. The van der Waals surface area contributed by atoms with E-state index in [0.717, 1.165) is 25.5 Å². The Hall–Kier alpha value is -0.120. The van der Waals surface area contributed by atoms with E-state index < -0.39 is 0 Å². The van der Waals surface area contributed by atoms with Gasteiger partial charge in [0, 0.05) is 26.3 Å². The molecule has 14 heavy (non-hydrogen) atoms. The minimum atomic E-state index is 0.584. The van der Waals surface area contributed by atoms with Crippen molar-refractivity contribution in [1.29, 1.82) is 0 Å². The van der Waals surface area contributed by atoms with Gasteiger partial charge >= 0.3 is 0 Å². The lowest BCUT2D eigenvalue weighted by atomic mass is 10.1. The average Bonchev–Trinajstić information content (AvgIpc) is 2.58. The molecule has 84 valence electrons. The van der Waals surface area contributed by atoms with Crippen LogP contribution in [0.5, 0.6) is 0 Å². The largest absolute Gasteiger partial charge is 0.385 e. The van der Waals surface area contributed by atoms with Crippen molar-refractivity contribution >= 4 is 0 Å². The predicted octanol–water partition coefficient (Wildman–Crippen LogP) is 0.953. The van der Waals surface area contributed by atoms with Crippen molar-refractivity contribution in [2.45, 2.75) is 25.8 Å². The summed E-state index contributed by atoms with van der Waals surface area (Å²) in [7, 11) is 3.97. The number of nitrogens with zero attached hydrogens (tertiary/aromatic N) is 1. The van der Waals surface area contributed by atoms with Crippen LogP contribution in [-0.2, 0) is 4.74 Å². The zero-order valence-corrected chi connectivity index (χ0v) is 9.75. The van der Waals surface area contributed by atoms with E-state index in [4.69, 9.17) is 4.74 Å². The van der Waals surface area contributed by atoms with E-state index >= 15 is 0 Å². The van der Waals surface area contributed by atoms with Crippen molar-refractivity contribution in [3.63, 3.8) is 0 Å². The average molecular weight is 200 g/mol. The number of nitrogens with one attached hydrogen (secondary N) is 1. The number of rotatable bonds is 6. The minimum absolute atomic E-state index is 0.584. The maximum Gasteiger partial charge on any atom is 0.0476 e. The monoisotopic (exact) mass is 200 g/mol. The molecule has 0 spiro atoms. The summed E-state index contributed by atoms with van der Waals surface area (Å²) in [6.45, 7) is 6.77. The highest BCUT2D eigenvalue weighted by atomic mass is 16.5. The number of hydrogen-bond donors (Lipinski definition) is 1. The van der Waals surface area contributed by atoms with E-state index in [1.807, 2.05) is 0 Å². The van der Waals surface area contributed by atoms with Crippen LogP contribution in [0, 0.1) is 5.92 Å². The second-order valence-electron chi connectivity index (χ2n) is 4.51. The Kier molecular flexibility index (Phi) is 5.45. The molecule has 0 aromatic rings. The standard InChI is InChI=1S/C11H24N2O/c1-10(5-7-14-3)12-8-11-4-6-13(2)9-11/h10-12H,4-9H2,1-3H3. The van der Waals surface area contributed by atoms with Gasteiger partial charge in [0.05, 0.1) is 0 Å². The summed E-state index contributed by atoms with van der Waals surface area (Å²) in [5.74, 6) is 0.852. The maximum atomic E-state index is 5.05. The molecule has 0 aliphatic carbocycles. The van der Waals surface area contributed by atoms with Crippen LogP contribution >= 0.6 is 0 Å². The minimum Gasteiger partial charge on any atom is -0.385 e. The van der Waals surface area contributed by atoms with Crippen molar-refractivity contribution in [2.75, 3.05) is 40.4 Å². The van der Waals surface area contributed by atoms with E-state index in [9.17, 15) is 0 Å². The van der Waals surface area contributed by atoms with Crippen LogP contribution < -0.4 is 5.32 Å². The molecule has 1 aliphatic heterocycles. The van der Waals surface area contributed by atoms with Gasteiger partial charge in [-0.3, -0.25) is 0 Å². The van der Waals surface area contributed by atoms with Gasteiger partial charge in [0.2, 0.25) is 0 Å². The number of ether oxygens (including phenoxy) is 1. The zero-order chi connectivity index (χ0) is 10.4. The molecule has 1 rings (SSSR count). The molecule has 1 N–H and O–H groups in total. The predicted molar refractivity (Wildman–Crippen MR) is 59.6 cm³/mol. The first-order valence-electron chi connectivity index (χ1n) is 5.63. The lowest BCUT2D eigenvalue weighted by molar-refractivity contribution is 0.184. The molecular weight excluding hydrogens is 176 g/mol. The smallest absolute Gasteiger partial charge is 0.0476 e. The molecule has 2 atom stereocenters. The Morgan fingerprint density at radius 3 is 2.93 bits per heavy atom. The van der Waals surface area contributed by atoms with Crippen LogP contribution in [0.2, 0.25) is 0 Å². The topological polar surface area (TPSA) is 24.5 Å². The third kappa shape index (κ3) is 4.40. The van der Waals surface area contributed by atoms with Crippen LogP contribution in [0.15, 0.2) is 0 Å². The van der Waals surface area contributed by atoms with Crippen molar-refractivity contribution in [2.24, 2.45) is 5.92 Å². The van der Waals surface area contributed by atoms with Crippen molar-refractivity contribution in [3.05, 3.63) is 0 Å². The number of hydrogen-bond acceptors (Lipinski definition) is 3. The van der Waals surface area contributed by atoms with Gasteiger partial charge < -0.3 is 15.0 Å². The van der Waals surface area contributed by atoms with Gasteiger partial charge in [-0.2, -0.15) is 0 Å². The van der Waals surface area contributed by atoms with E-state index in [1.165, 1.54) is 19.5 Å². The van der Waals surface area contributed by atoms with Crippen LogP contribution in [-0.4, -0.2) is 51.3 Å². The Morgan fingerprint density at radius 1 is 1.57 bits per heavy atom. The summed E-state index contributed by atoms with van der Waals surface area (Å²) in [5.41, 5.74) is 0. The van der Waals surface area contributed by atoms with Crippen molar-refractivity contribution in [1.82, 2.24) is 10.2 Å². The highest BCUT2D eigenvalue weighted by Crippen LogP contribution is 2.13. The molecule has 1 fully saturated rings. The molecule has 0 radical (unpaired) electrons. The lowest BCUT2D eigenvalue weighted by Crippen LogP contribution is -2.32. The Morgan fingerprint density at radius 2 is 2.36 bits per heavy atom. The van der Waals surface area contributed by atoms with Gasteiger partial charge in [0.15, 0.2) is 0 Å². The molecule has 0 aromatic heterocycles. The summed E-state index contributed by atoms with van der Waals surface area (Å²) < 4.78 is 5.05. The van der Waals surface area contributed by atoms with Crippen LogP contribution in [0.1, 0.15) is 19.8 Å². The molecule has 3 nitrogen and oxygen atoms in total. The fraction of sp³-hybridized carbons (Fsp3) is 1.00. The Labute approximate surface area is 87.8 Å². The number of likely N-dealkylation sites (tertiary alicyclic amines) is 1. The van der Waals surface area contributed by atoms with Gasteiger partial charge in [0.1, 0.15) is 0 Å². The van der Waals surface area contributed by atoms with Gasteiger partial charge in [-0.05, 0) is 45.8 Å². The summed E-state index contributed by atoms with van der Waals surface area (Å²) >= 11 is 0. The molecular formula is C11H24N2O. The zero-order valence-electron chi connectivity index (χ0n) is 9.75. The van der Waals surface area contributed by atoms with E-state index in [-0.39, 0.29) is 0 Å². The van der Waals surface area contributed by atoms with Crippen molar-refractivity contribution in [3.8, 4) is 0 Å². The van der Waals surface area contributed by atoms with Crippen LogP contribution in [0.3, 0.4) is 0 Å². The van der Waals surface area contributed by atoms with Crippen LogP contribution in [0.4, 0.5) is 0 Å². The molecule has 0 aromatic carbocycles. The van der Waals surface area contributed by atoms with E-state index in [2.05, 4.69) is 24.2 Å². The molecule has 0 saturated carbocycles. The number of methoxy groups -OCH3 is 1. The fourth-order valence-electron chi connectivity index (χ4n) is 1.96. The summed E-state index contributed by atoms with van der Waals surface area (Å²) in [5, 5.41) is 3.57. The van der Waals surface area contributed by atoms with E-state index in [1.54, 1.807) is 7.11 Å². The van der Waals surface area contributed by atoms with Crippen LogP contribution in [0.25, 0.3) is 0 Å². The SMILES string of the molecule is COCCC(C)NCC1CCN(C)C1. The molecule has 0 bridgehead atoms. The van der Waals surface area contributed by atoms with Gasteiger partial charge in [0.25, 0.3) is 0 Å². The first-order valence-corrected chi connectivity index (χ1v) is 5.63. The third-order valence-corrected chi connectivity index (χ3v) is 3.00. The normalized spacial score (nSPS) is 25.5. The quantitative estimate of drug-likeness (QED) is 0.691. The lowest BCUT2D eigenvalue weighted by Gasteiger charge is -2.16.